The Morgan fingerprint density at radius 3 is 2.21 bits per heavy atom. The highest BCUT2D eigenvalue weighted by Crippen LogP contribution is 2.31. The van der Waals surface area contributed by atoms with E-state index in [1.807, 2.05) is 0 Å². The zero-order valence-corrected chi connectivity index (χ0v) is 15.7. The standard InChI is InChI=1S/C21H22F3NO4/c22-21(23,24)15-3-5-18(6-4-15)29-19-9-7-17(8-10-19)28-14-16-2-1-12-25(16)13-11-20(26)27/h3-10,16H,1-2,11-14H2,(H,26,27). The number of carboxylic acid groups (broad SMARTS) is 1. The average molecular weight is 409 g/mol. The Labute approximate surface area is 166 Å². The summed E-state index contributed by atoms with van der Waals surface area (Å²) in [6.45, 7) is 1.86. The number of carbonyl (C=O) groups is 1. The molecule has 1 aliphatic rings. The fraction of sp³-hybridized carbons (Fsp3) is 0.381. The molecule has 1 atom stereocenters. The Morgan fingerprint density at radius 2 is 1.62 bits per heavy atom. The van der Waals surface area contributed by atoms with Crippen LogP contribution in [0.2, 0.25) is 0 Å². The number of nitrogens with zero attached hydrogens (tertiary/aromatic N) is 1. The van der Waals surface area contributed by atoms with Crippen molar-refractivity contribution in [2.45, 2.75) is 31.5 Å². The first-order chi connectivity index (χ1) is 13.8. The number of carboxylic acids is 1. The lowest BCUT2D eigenvalue weighted by molar-refractivity contribution is -0.138. The summed E-state index contributed by atoms with van der Waals surface area (Å²) >= 11 is 0. The van der Waals surface area contributed by atoms with Gasteiger partial charge in [-0.1, -0.05) is 0 Å². The quantitative estimate of drug-likeness (QED) is 0.678. The number of alkyl halides is 3. The van der Waals surface area contributed by atoms with Crippen LogP contribution in [0.5, 0.6) is 17.2 Å². The van der Waals surface area contributed by atoms with Crippen molar-refractivity contribution in [1.29, 1.82) is 0 Å². The molecule has 1 N–H and O–H groups in total. The average Bonchev–Trinajstić information content (AvgIpc) is 3.13. The van der Waals surface area contributed by atoms with Crippen LogP contribution in [0.15, 0.2) is 48.5 Å². The Hall–Kier alpha value is -2.74. The lowest BCUT2D eigenvalue weighted by atomic mass is 10.2. The summed E-state index contributed by atoms with van der Waals surface area (Å²) in [5.41, 5.74) is -0.724. The zero-order chi connectivity index (χ0) is 20.9. The number of ether oxygens (including phenoxy) is 2. The van der Waals surface area contributed by atoms with Crippen LogP contribution in [0.1, 0.15) is 24.8 Å². The van der Waals surface area contributed by atoms with E-state index in [0.29, 0.717) is 30.4 Å². The second kappa shape index (κ2) is 9.17. The highest BCUT2D eigenvalue weighted by atomic mass is 19.4. The van der Waals surface area contributed by atoms with E-state index in [1.54, 1.807) is 24.3 Å². The van der Waals surface area contributed by atoms with Crippen molar-refractivity contribution in [1.82, 2.24) is 4.90 Å². The van der Waals surface area contributed by atoms with Gasteiger partial charge in [0.2, 0.25) is 0 Å². The lowest BCUT2D eigenvalue weighted by Crippen LogP contribution is -2.35. The van der Waals surface area contributed by atoms with Gasteiger partial charge in [-0.2, -0.15) is 13.2 Å². The Balaban J connectivity index is 1.50. The number of rotatable bonds is 8. The molecule has 0 aromatic heterocycles. The van der Waals surface area contributed by atoms with Gasteiger partial charge in [0, 0.05) is 12.6 Å². The molecule has 2 aromatic carbocycles. The fourth-order valence-corrected chi connectivity index (χ4v) is 3.26. The van der Waals surface area contributed by atoms with Crippen molar-refractivity contribution in [2.75, 3.05) is 19.7 Å². The molecule has 0 amide bonds. The van der Waals surface area contributed by atoms with E-state index in [4.69, 9.17) is 14.6 Å². The van der Waals surface area contributed by atoms with Crippen LogP contribution in [0.25, 0.3) is 0 Å². The maximum Gasteiger partial charge on any atom is 0.416 e. The normalized spacial score (nSPS) is 17.3. The van der Waals surface area contributed by atoms with E-state index >= 15 is 0 Å². The topological polar surface area (TPSA) is 59.0 Å². The zero-order valence-electron chi connectivity index (χ0n) is 15.7. The molecule has 0 bridgehead atoms. The van der Waals surface area contributed by atoms with Crippen molar-refractivity contribution in [2.24, 2.45) is 0 Å². The second-order valence-corrected chi connectivity index (χ2v) is 6.88. The Kier molecular flexibility index (Phi) is 6.64. The number of benzene rings is 2. The Morgan fingerprint density at radius 1 is 1.03 bits per heavy atom. The molecule has 0 spiro atoms. The molecular formula is C21H22F3NO4. The van der Waals surface area contributed by atoms with Gasteiger partial charge in [-0.15, -0.1) is 0 Å². The molecule has 1 fully saturated rings. The van der Waals surface area contributed by atoms with E-state index in [-0.39, 0.29) is 12.5 Å². The van der Waals surface area contributed by atoms with Crippen molar-refractivity contribution >= 4 is 5.97 Å². The third kappa shape index (κ3) is 6.12. The van der Waals surface area contributed by atoms with Gasteiger partial charge in [-0.25, -0.2) is 0 Å². The molecule has 1 unspecified atom stereocenters. The first-order valence-electron chi connectivity index (χ1n) is 9.35. The number of likely N-dealkylation sites (tertiary alicyclic amines) is 1. The number of aliphatic carboxylic acids is 1. The summed E-state index contributed by atoms with van der Waals surface area (Å²) in [7, 11) is 0. The van der Waals surface area contributed by atoms with Crippen molar-refractivity contribution in [3.63, 3.8) is 0 Å². The van der Waals surface area contributed by atoms with Gasteiger partial charge >= 0.3 is 12.1 Å². The van der Waals surface area contributed by atoms with Crippen molar-refractivity contribution in [3.05, 3.63) is 54.1 Å². The van der Waals surface area contributed by atoms with Gasteiger partial charge in [0.1, 0.15) is 23.9 Å². The number of hydrogen-bond donors (Lipinski definition) is 1. The third-order valence-electron chi connectivity index (χ3n) is 4.80. The molecule has 0 saturated carbocycles. The molecule has 5 nitrogen and oxygen atoms in total. The molecule has 1 heterocycles. The SMILES string of the molecule is O=C(O)CCN1CCCC1COc1ccc(Oc2ccc(C(F)(F)F)cc2)cc1. The Bertz CT molecular complexity index is 806. The molecule has 1 saturated heterocycles. The monoisotopic (exact) mass is 409 g/mol. The van der Waals surface area contributed by atoms with Crippen LogP contribution in [0.3, 0.4) is 0 Å². The van der Waals surface area contributed by atoms with Gasteiger partial charge in [0.05, 0.1) is 12.0 Å². The summed E-state index contributed by atoms with van der Waals surface area (Å²) in [5, 5.41) is 8.83. The van der Waals surface area contributed by atoms with Crippen molar-refractivity contribution < 1.29 is 32.5 Å². The smallest absolute Gasteiger partial charge is 0.416 e. The molecular weight excluding hydrogens is 387 g/mol. The predicted molar refractivity (Wildman–Crippen MR) is 100 cm³/mol. The van der Waals surface area contributed by atoms with Crippen LogP contribution >= 0.6 is 0 Å². The minimum absolute atomic E-state index is 0.118. The maximum atomic E-state index is 12.6. The highest BCUT2D eigenvalue weighted by molar-refractivity contribution is 5.66. The molecule has 0 aliphatic carbocycles. The van der Waals surface area contributed by atoms with Gasteiger partial charge in [0.15, 0.2) is 0 Å². The predicted octanol–water partition coefficient (Wildman–Crippen LogP) is 4.82. The van der Waals surface area contributed by atoms with E-state index in [1.165, 1.54) is 12.1 Å². The van der Waals surface area contributed by atoms with Crippen LogP contribution in [-0.4, -0.2) is 41.7 Å². The third-order valence-corrected chi connectivity index (χ3v) is 4.80. The summed E-state index contributed by atoms with van der Waals surface area (Å²) in [6, 6.07) is 11.5. The van der Waals surface area contributed by atoms with E-state index in [9.17, 15) is 18.0 Å². The molecule has 0 radical (unpaired) electrons. The van der Waals surface area contributed by atoms with Crippen LogP contribution in [0, 0.1) is 0 Å². The van der Waals surface area contributed by atoms with Crippen LogP contribution in [-0.2, 0) is 11.0 Å². The van der Waals surface area contributed by atoms with Gasteiger partial charge < -0.3 is 14.6 Å². The maximum absolute atomic E-state index is 12.6. The molecule has 1 aliphatic heterocycles. The highest BCUT2D eigenvalue weighted by Gasteiger charge is 2.30. The van der Waals surface area contributed by atoms with E-state index in [2.05, 4.69) is 4.90 Å². The molecule has 3 rings (SSSR count). The lowest BCUT2D eigenvalue weighted by Gasteiger charge is -2.23. The molecule has 2 aromatic rings. The molecule has 8 heteroatoms. The van der Waals surface area contributed by atoms with Crippen LogP contribution < -0.4 is 9.47 Å². The summed E-state index contributed by atoms with van der Waals surface area (Å²) < 4.78 is 49.2. The summed E-state index contributed by atoms with van der Waals surface area (Å²) in [6.07, 6.45) is -2.27. The second-order valence-electron chi connectivity index (χ2n) is 6.88. The molecule has 156 valence electrons. The van der Waals surface area contributed by atoms with Crippen LogP contribution in [0.4, 0.5) is 13.2 Å². The summed E-state index contributed by atoms with van der Waals surface area (Å²) in [5.74, 6) is 0.641. The number of hydrogen-bond acceptors (Lipinski definition) is 4. The van der Waals surface area contributed by atoms with E-state index < -0.39 is 17.7 Å². The van der Waals surface area contributed by atoms with E-state index in [0.717, 1.165) is 31.5 Å². The van der Waals surface area contributed by atoms with Gasteiger partial charge in [-0.3, -0.25) is 9.69 Å². The minimum atomic E-state index is -4.37. The van der Waals surface area contributed by atoms with Crippen molar-refractivity contribution in [3.8, 4) is 17.2 Å². The first kappa shape index (κ1) is 21.0. The minimum Gasteiger partial charge on any atom is -0.492 e. The van der Waals surface area contributed by atoms with Gasteiger partial charge in [0.25, 0.3) is 0 Å². The number of halogens is 3. The summed E-state index contributed by atoms with van der Waals surface area (Å²) in [4.78, 5) is 12.9. The largest absolute Gasteiger partial charge is 0.492 e. The molecule has 29 heavy (non-hydrogen) atoms. The van der Waals surface area contributed by atoms with Gasteiger partial charge in [-0.05, 0) is 67.9 Å². The first-order valence-corrected chi connectivity index (χ1v) is 9.35. The fourth-order valence-electron chi connectivity index (χ4n) is 3.26.